The Kier molecular flexibility index (Phi) is 6.31. The van der Waals surface area contributed by atoms with E-state index >= 15 is 0 Å². The van der Waals surface area contributed by atoms with Crippen LogP contribution in [0.3, 0.4) is 0 Å². The van der Waals surface area contributed by atoms with Gasteiger partial charge in [-0.05, 0) is 41.8 Å². The number of rotatable bonds is 5. The van der Waals surface area contributed by atoms with Gasteiger partial charge in [-0.2, -0.15) is 8.42 Å². The van der Waals surface area contributed by atoms with Gasteiger partial charge in [-0.1, -0.05) is 29.8 Å². The lowest BCUT2D eigenvalue weighted by Crippen LogP contribution is -2.31. The van der Waals surface area contributed by atoms with Gasteiger partial charge in [-0.15, -0.1) is 0 Å². The number of benzene rings is 2. The molecule has 0 spiro atoms. The van der Waals surface area contributed by atoms with E-state index in [2.05, 4.69) is 21.7 Å². The Morgan fingerprint density at radius 3 is 2.67 bits per heavy atom. The predicted molar refractivity (Wildman–Crippen MR) is 125 cm³/mol. The number of aromatic nitrogens is 2. The zero-order valence-corrected chi connectivity index (χ0v) is 19.6. The summed E-state index contributed by atoms with van der Waals surface area (Å²) in [7, 11) is -0.908. The minimum atomic E-state index is -3.99. The van der Waals surface area contributed by atoms with Crippen molar-refractivity contribution >= 4 is 38.9 Å². The molecule has 0 saturated carbocycles. The number of fused-ring (bicyclic) bond motifs is 1. The molecule has 1 aliphatic rings. The highest BCUT2D eigenvalue weighted by molar-refractivity contribution is 7.92. The number of anilines is 2. The summed E-state index contributed by atoms with van der Waals surface area (Å²) in [5.74, 6) is 2.01. The van der Waals surface area contributed by atoms with Crippen molar-refractivity contribution in [1.29, 1.82) is 0 Å². The van der Waals surface area contributed by atoms with Crippen molar-refractivity contribution in [2.24, 2.45) is 7.05 Å². The summed E-state index contributed by atoms with van der Waals surface area (Å²) in [6.07, 6.45) is 5.85. The summed E-state index contributed by atoms with van der Waals surface area (Å²) in [4.78, 5) is 18.1. The molecule has 0 N–H and O–H groups in total. The van der Waals surface area contributed by atoms with Gasteiger partial charge in [0.05, 0.1) is 25.7 Å². The lowest BCUT2D eigenvalue weighted by Gasteiger charge is -2.25. The van der Waals surface area contributed by atoms with Crippen molar-refractivity contribution in [1.82, 2.24) is 9.55 Å². The van der Waals surface area contributed by atoms with Gasteiger partial charge in [0.25, 0.3) is 10.0 Å². The summed E-state index contributed by atoms with van der Waals surface area (Å²) < 4.78 is 34.7. The second-order valence-electron chi connectivity index (χ2n) is 7.47. The quantitative estimate of drug-likeness (QED) is 0.520. The topological polar surface area (TPSA) is 84.7 Å². The summed E-state index contributed by atoms with van der Waals surface area (Å²) in [6.45, 7) is 0.520. The average molecular weight is 485 g/mol. The molecule has 0 unspecified atom stereocenters. The zero-order valence-electron chi connectivity index (χ0n) is 18.0. The normalized spacial score (nSPS) is 12.6. The van der Waals surface area contributed by atoms with Crippen LogP contribution in [-0.4, -0.2) is 37.5 Å². The highest BCUT2D eigenvalue weighted by Crippen LogP contribution is 2.35. The van der Waals surface area contributed by atoms with E-state index in [4.69, 9.17) is 11.6 Å². The number of hydrogen-bond donors (Lipinski definition) is 0. The van der Waals surface area contributed by atoms with Crippen molar-refractivity contribution in [2.45, 2.75) is 18.0 Å². The van der Waals surface area contributed by atoms with Crippen LogP contribution in [0.4, 0.5) is 11.4 Å². The van der Waals surface area contributed by atoms with Gasteiger partial charge in [0, 0.05) is 36.4 Å². The Hall–Kier alpha value is -3.48. The number of methoxy groups -OCH3 is 1. The largest absolute Gasteiger partial charge is 0.450 e. The molecule has 33 heavy (non-hydrogen) atoms. The molecular weight excluding hydrogens is 464 g/mol. The number of sulfonamides is 1. The van der Waals surface area contributed by atoms with E-state index in [9.17, 15) is 13.2 Å². The lowest BCUT2D eigenvalue weighted by atomic mass is 10.1. The molecule has 0 radical (unpaired) electrons. The van der Waals surface area contributed by atoms with E-state index in [0.717, 1.165) is 11.1 Å². The molecule has 170 valence electrons. The number of halogens is 1. The summed E-state index contributed by atoms with van der Waals surface area (Å²) in [6, 6.07) is 12.2. The third kappa shape index (κ3) is 4.67. The Balaban J connectivity index is 1.78. The SMILES string of the molecule is COC#CC(=O)N1CCc2ccc(N(Cc3ccc(Cl)cc3)S(=O)(=O)c3cn(C)cn3)cc21. The zero-order chi connectivity index (χ0) is 23.6. The summed E-state index contributed by atoms with van der Waals surface area (Å²) in [5, 5.41) is 0.486. The molecule has 0 fully saturated rings. The maximum atomic E-state index is 13.6. The first-order chi connectivity index (χ1) is 15.8. The van der Waals surface area contributed by atoms with Gasteiger partial charge in [-0.25, -0.2) is 4.98 Å². The van der Waals surface area contributed by atoms with Gasteiger partial charge < -0.3 is 14.2 Å². The highest BCUT2D eigenvalue weighted by atomic mass is 35.5. The van der Waals surface area contributed by atoms with Crippen molar-refractivity contribution in [3.63, 3.8) is 0 Å². The number of amides is 1. The minimum absolute atomic E-state index is 0.0618. The maximum absolute atomic E-state index is 13.6. The molecule has 0 saturated heterocycles. The van der Waals surface area contributed by atoms with E-state index in [1.807, 2.05) is 6.07 Å². The van der Waals surface area contributed by atoms with Crippen LogP contribution in [0.5, 0.6) is 0 Å². The minimum Gasteiger partial charge on any atom is -0.450 e. The molecule has 1 amide bonds. The first kappa shape index (κ1) is 22.7. The van der Waals surface area contributed by atoms with E-state index < -0.39 is 15.9 Å². The molecule has 0 bridgehead atoms. The van der Waals surface area contributed by atoms with E-state index in [0.29, 0.717) is 29.4 Å². The van der Waals surface area contributed by atoms with Crippen LogP contribution in [0.25, 0.3) is 0 Å². The number of imidazole rings is 1. The second kappa shape index (κ2) is 9.17. The summed E-state index contributed by atoms with van der Waals surface area (Å²) >= 11 is 6.00. The van der Waals surface area contributed by atoms with Gasteiger partial charge in [0.1, 0.15) is 6.11 Å². The second-order valence-corrected chi connectivity index (χ2v) is 9.71. The van der Waals surface area contributed by atoms with Crippen molar-refractivity contribution < 1.29 is 17.9 Å². The molecule has 3 aromatic rings. The number of ether oxygens (including phenoxy) is 1. The standard InChI is InChI=1S/C23H21ClN4O4S/c1-26-15-22(25-16-26)33(30,31)28(14-17-3-6-19(24)7-4-17)20-8-5-18-9-11-27(21(18)13-20)23(29)10-12-32-2/h3-8,13,15-16H,9,11,14H2,1-2H3. The first-order valence-corrected chi connectivity index (χ1v) is 11.8. The van der Waals surface area contributed by atoms with E-state index in [1.54, 1.807) is 48.0 Å². The molecule has 8 nitrogen and oxygen atoms in total. The molecule has 4 rings (SSSR count). The van der Waals surface area contributed by atoms with Gasteiger partial charge in [0.15, 0.2) is 5.03 Å². The van der Waals surface area contributed by atoms with Crippen LogP contribution in [0.2, 0.25) is 5.02 Å². The fourth-order valence-corrected chi connectivity index (χ4v) is 5.14. The number of hydrogen-bond acceptors (Lipinski definition) is 5. The molecule has 0 aliphatic carbocycles. The van der Waals surface area contributed by atoms with E-state index in [-0.39, 0.29) is 11.6 Å². The Bertz CT molecular complexity index is 1360. The van der Waals surface area contributed by atoms with Crippen LogP contribution in [0.15, 0.2) is 60.0 Å². The third-order valence-corrected chi connectivity index (χ3v) is 7.14. The molecule has 0 atom stereocenters. The van der Waals surface area contributed by atoms with Crippen LogP contribution in [0, 0.1) is 12.0 Å². The average Bonchev–Trinajstić information content (AvgIpc) is 3.43. The van der Waals surface area contributed by atoms with Crippen molar-refractivity contribution in [2.75, 3.05) is 22.9 Å². The first-order valence-electron chi connectivity index (χ1n) is 10.0. The number of carbonyl (C=O) groups is 1. The fourth-order valence-electron chi connectivity index (χ4n) is 3.60. The molecule has 2 aromatic carbocycles. The predicted octanol–water partition coefficient (Wildman–Crippen LogP) is 2.97. The number of aryl methyl sites for hydroxylation is 1. The third-order valence-electron chi connectivity index (χ3n) is 5.23. The summed E-state index contributed by atoms with van der Waals surface area (Å²) in [5.41, 5.74) is 2.72. The van der Waals surface area contributed by atoms with Gasteiger partial charge in [0.2, 0.25) is 0 Å². The molecule has 1 aliphatic heterocycles. The van der Waals surface area contributed by atoms with Crippen LogP contribution >= 0.6 is 11.6 Å². The Labute approximate surface area is 197 Å². The highest BCUT2D eigenvalue weighted by Gasteiger charge is 2.30. The monoisotopic (exact) mass is 484 g/mol. The van der Waals surface area contributed by atoms with Crippen molar-refractivity contribution in [3.8, 4) is 12.0 Å². The van der Waals surface area contributed by atoms with Crippen LogP contribution < -0.4 is 9.21 Å². The van der Waals surface area contributed by atoms with Crippen LogP contribution in [-0.2, 0) is 39.6 Å². The number of carbonyl (C=O) groups excluding carboxylic acids is 1. The maximum Gasteiger partial charge on any atom is 0.306 e. The molecule has 1 aromatic heterocycles. The molecule has 10 heteroatoms. The lowest BCUT2D eigenvalue weighted by molar-refractivity contribution is -0.113. The smallest absolute Gasteiger partial charge is 0.306 e. The molecule has 2 heterocycles. The van der Waals surface area contributed by atoms with E-state index in [1.165, 1.54) is 28.8 Å². The van der Waals surface area contributed by atoms with Gasteiger partial charge >= 0.3 is 5.91 Å². The Morgan fingerprint density at radius 2 is 2.00 bits per heavy atom. The number of nitrogens with zero attached hydrogens (tertiary/aromatic N) is 4. The fraction of sp³-hybridized carbons (Fsp3) is 0.217. The molecular formula is C23H21ClN4O4S. The Morgan fingerprint density at radius 1 is 1.24 bits per heavy atom. The van der Waals surface area contributed by atoms with Crippen LogP contribution in [0.1, 0.15) is 11.1 Å². The van der Waals surface area contributed by atoms with Gasteiger partial charge in [-0.3, -0.25) is 9.10 Å². The van der Waals surface area contributed by atoms with Crippen molar-refractivity contribution in [3.05, 3.63) is 71.1 Å².